The van der Waals surface area contributed by atoms with Crippen LogP contribution in [0.3, 0.4) is 0 Å². The lowest BCUT2D eigenvalue weighted by atomic mass is 10.2. The van der Waals surface area contributed by atoms with Crippen LogP contribution in [0.15, 0.2) is 18.2 Å². The van der Waals surface area contributed by atoms with Gasteiger partial charge in [0, 0.05) is 21.0 Å². The van der Waals surface area contributed by atoms with E-state index in [0.29, 0.717) is 10.3 Å². The van der Waals surface area contributed by atoms with Gasteiger partial charge in [-0.3, -0.25) is 0 Å². The standard InChI is InChI=1S/C11H15Cl2NS/c1-8(4-5-14)15-7-9-2-3-10(12)6-11(9)13/h2-3,6,8H,4-5,7,14H2,1H3. The van der Waals surface area contributed by atoms with Crippen molar-refractivity contribution in [3.63, 3.8) is 0 Å². The highest BCUT2D eigenvalue weighted by Gasteiger charge is 2.05. The Morgan fingerprint density at radius 3 is 2.73 bits per heavy atom. The minimum atomic E-state index is 0.571. The average Bonchev–Trinajstić information content (AvgIpc) is 2.17. The molecule has 0 spiro atoms. The monoisotopic (exact) mass is 263 g/mol. The Labute approximate surface area is 105 Å². The summed E-state index contributed by atoms with van der Waals surface area (Å²) in [6.45, 7) is 2.92. The zero-order valence-electron chi connectivity index (χ0n) is 8.67. The van der Waals surface area contributed by atoms with Crippen molar-refractivity contribution < 1.29 is 0 Å². The Morgan fingerprint density at radius 2 is 2.13 bits per heavy atom. The second-order valence-corrected chi connectivity index (χ2v) is 5.71. The third-order valence-electron chi connectivity index (χ3n) is 2.11. The zero-order valence-corrected chi connectivity index (χ0v) is 11.0. The molecule has 0 saturated carbocycles. The smallest absolute Gasteiger partial charge is 0.0461 e. The molecular formula is C11H15Cl2NS. The van der Waals surface area contributed by atoms with Crippen LogP contribution in [0.4, 0.5) is 0 Å². The van der Waals surface area contributed by atoms with Gasteiger partial charge in [-0.05, 0) is 30.7 Å². The molecule has 1 aromatic carbocycles. The van der Waals surface area contributed by atoms with Gasteiger partial charge in [0.15, 0.2) is 0 Å². The summed E-state index contributed by atoms with van der Waals surface area (Å²) in [6, 6.07) is 5.64. The van der Waals surface area contributed by atoms with E-state index in [-0.39, 0.29) is 0 Å². The molecule has 0 amide bonds. The summed E-state index contributed by atoms with van der Waals surface area (Å²) in [6.07, 6.45) is 1.04. The van der Waals surface area contributed by atoms with Gasteiger partial charge in [-0.1, -0.05) is 36.2 Å². The van der Waals surface area contributed by atoms with Crippen molar-refractivity contribution >= 4 is 35.0 Å². The summed E-state index contributed by atoms with van der Waals surface area (Å²) < 4.78 is 0. The van der Waals surface area contributed by atoms with Gasteiger partial charge < -0.3 is 5.73 Å². The molecule has 0 aliphatic heterocycles. The van der Waals surface area contributed by atoms with Gasteiger partial charge in [0.2, 0.25) is 0 Å². The molecule has 0 radical (unpaired) electrons. The molecule has 0 heterocycles. The minimum Gasteiger partial charge on any atom is -0.330 e. The van der Waals surface area contributed by atoms with Crippen LogP contribution in [-0.2, 0) is 5.75 Å². The quantitative estimate of drug-likeness (QED) is 0.871. The van der Waals surface area contributed by atoms with Crippen molar-refractivity contribution in [1.82, 2.24) is 0 Å². The van der Waals surface area contributed by atoms with E-state index in [9.17, 15) is 0 Å². The van der Waals surface area contributed by atoms with Crippen molar-refractivity contribution in [3.8, 4) is 0 Å². The van der Waals surface area contributed by atoms with Gasteiger partial charge in [0.1, 0.15) is 0 Å². The number of hydrogen-bond donors (Lipinski definition) is 1. The molecule has 4 heteroatoms. The summed E-state index contributed by atoms with van der Waals surface area (Å²) >= 11 is 13.8. The molecule has 0 saturated heterocycles. The van der Waals surface area contributed by atoms with Crippen LogP contribution in [-0.4, -0.2) is 11.8 Å². The Bertz CT molecular complexity index is 317. The number of benzene rings is 1. The fourth-order valence-corrected chi connectivity index (χ4v) is 2.76. The van der Waals surface area contributed by atoms with E-state index in [1.807, 2.05) is 23.9 Å². The topological polar surface area (TPSA) is 26.0 Å². The molecule has 0 fully saturated rings. The van der Waals surface area contributed by atoms with Crippen molar-refractivity contribution in [2.24, 2.45) is 5.73 Å². The van der Waals surface area contributed by atoms with E-state index in [1.165, 1.54) is 0 Å². The first-order valence-corrected chi connectivity index (χ1v) is 6.69. The molecule has 0 bridgehead atoms. The van der Waals surface area contributed by atoms with Crippen LogP contribution in [0.1, 0.15) is 18.9 Å². The van der Waals surface area contributed by atoms with Crippen molar-refractivity contribution in [3.05, 3.63) is 33.8 Å². The molecule has 0 aliphatic rings. The van der Waals surface area contributed by atoms with E-state index in [4.69, 9.17) is 28.9 Å². The lowest BCUT2D eigenvalue weighted by Crippen LogP contribution is -2.07. The maximum absolute atomic E-state index is 6.07. The molecule has 2 N–H and O–H groups in total. The van der Waals surface area contributed by atoms with Gasteiger partial charge in [-0.25, -0.2) is 0 Å². The Hall–Kier alpha value is 0.110. The second kappa shape index (κ2) is 6.64. The van der Waals surface area contributed by atoms with Gasteiger partial charge in [-0.2, -0.15) is 11.8 Å². The Balaban J connectivity index is 2.50. The first-order valence-electron chi connectivity index (χ1n) is 4.89. The van der Waals surface area contributed by atoms with Crippen LogP contribution in [0, 0.1) is 0 Å². The molecule has 0 aliphatic carbocycles. The fraction of sp³-hybridized carbons (Fsp3) is 0.455. The Morgan fingerprint density at radius 1 is 1.40 bits per heavy atom. The van der Waals surface area contributed by atoms with E-state index in [1.54, 1.807) is 6.07 Å². The summed E-state index contributed by atoms with van der Waals surface area (Å²) in [5, 5.41) is 2.00. The highest BCUT2D eigenvalue weighted by Crippen LogP contribution is 2.27. The predicted molar refractivity (Wildman–Crippen MR) is 70.9 cm³/mol. The molecular weight excluding hydrogens is 249 g/mol. The molecule has 15 heavy (non-hydrogen) atoms. The van der Waals surface area contributed by atoms with Crippen LogP contribution in [0.2, 0.25) is 10.0 Å². The van der Waals surface area contributed by atoms with E-state index in [0.717, 1.165) is 29.3 Å². The lowest BCUT2D eigenvalue weighted by molar-refractivity contribution is 0.823. The summed E-state index contributed by atoms with van der Waals surface area (Å²) in [5.74, 6) is 0.914. The highest BCUT2D eigenvalue weighted by atomic mass is 35.5. The molecule has 1 nitrogen and oxygen atoms in total. The maximum Gasteiger partial charge on any atom is 0.0461 e. The third kappa shape index (κ3) is 4.64. The van der Waals surface area contributed by atoms with Gasteiger partial charge in [0.25, 0.3) is 0 Å². The zero-order chi connectivity index (χ0) is 11.3. The van der Waals surface area contributed by atoms with E-state index >= 15 is 0 Å². The molecule has 0 aromatic heterocycles. The number of halogens is 2. The summed E-state index contributed by atoms with van der Waals surface area (Å²) in [4.78, 5) is 0. The van der Waals surface area contributed by atoms with Crippen molar-refractivity contribution in [2.75, 3.05) is 6.54 Å². The lowest BCUT2D eigenvalue weighted by Gasteiger charge is -2.10. The van der Waals surface area contributed by atoms with Gasteiger partial charge >= 0.3 is 0 Å². The van der Waals surface area contributed by atoms with Crippen LogP contribution < -0.4 is 5.73 Å². The first-order chi connectivity index (χ1) is 7.13. The maximum atomic E-state index is 6.07. The summed E-state index contributed by atoms with van der Waals surface area (Å²) in [5.41, 5.74) is 6.63. The van der Waals surface area contributed by atoms with Gasteiger partial charge in [0.05, 0.1) is 0 Å². The van der Waals surface area contributed by atoms with Crippen LogP contribution >= 0.6 is 35.0 Å². The minimum absolute atomic E-state index is 0.571. The molecule has 1 aromatic rings. The van der Waals surface area contributed by atoms with Gasteiger partial charge in [-0.15, -0.1) is 0 Å². The molecule has 84 valence electrons. The number of rotatable bonds is 5. The largest absolute Gasteiger partial charge is 0.330 e. The van der Waals surface area contributed by atoms with Crippen molar-refractivity contribution in [1.29, 1.82) is 0 Å². The average molecular weight is 264 g/mol. The van der Waals surface area contributed by atoms with Crippen LogP contribution in [0.5, 0.6) is 0 Å². The van der Waals surface area contributed by atoms with E-state index in [2.05, 4.69) is 6.92 Å². The van der Waals surface area contributed by atoms with Crippen LogP contribution in [0.25, 0.3) is 0 Å². The number of hydrogen-bond acceptors (Lipinski definition) is 2. The normalized spacial score (nSPS) is 12.8. The third-order valence-corrected chi connectivity index (χ3v) is 3.98. The molecule has 1 unspecified atom stereocenters. The number of thioether (sulfide) groups is 1. The van der Waals surface area contributed by atoms with Crippen molar-refractivity contribution in [2.45, 2.75) is 24.3 Å². The molecule has 1 atom stereocenters. The van der Waals surface area contributed by atoms with E-state index < -0.39 is 0 Å². The Kier molecular flexibility index (Phi) is 5.83. The summed E-state index contributed by atoms with van der Waals surface area (Å²) in [7, 11) is 0. The second-order valence-electron chi connectivity index (χ2n) is 3.43. The fourth-order valence-electron chi connectivity index (χ4n) is 1.19. The first kappa shape index (κ1) is 13.2. The molecule has 1 rings (SSSR count). The predicted octanol–water partition coefficient (Wildman–Crippen LogP) is 3.96. The SMILES string of the molecule is CC(CCN)SCc1ccc(Cl)cc1Cl. The number of nitrogens with two attached hydrogens (primary N) is 1. The highest BCUT2D eigenvalue weighted by molar-refractivity contribution is 7.99.